The molecule has 1 aromatic carbocycles. The van der Waals surface area contributed by atoms with Gasteiger partial charge in [0.15, 0.2) is 0 Å². The summed E-state index contributed by atoms with van der Waals surface area (Å²) in [6.45, 7) is -0.711. The molecule has 0 spiro atoms. The molecular formula is C8H7F2NO3. The number of ether oxygens (including phenoxy) is 1. The van der Waals surface area contributed by atoms with Crippen LogP contribution in [0.5, 0.6) is 5.75 Å². The van der Waals surface area contributed by atoms with Crippen molar-refractivity contribution in [1.82, 2.24) is 0 Å². The summed E-state index contributed by atoms with van der Waals surface area (Å²) >= 11 is 0. The molecule has 0 aromatic heterocycles. The molecule has 0 aliphatic rings. The van der Waals surface area contributed by atoms with E-state index < -0.39 is 18.0 Å². The van der Waals surface area contributed by atoms with Crippen molar-refractivity contribution in [3.05, 3.63) is 34.4 Å². The van der Waals surface area contributed by atoms with Gasteiger partial charge in [-0.2, -0.15) is 0 Å². The smallest absolute Gasteiger partial charge is 0.272 e. The third-order valence-electron chi connectivity index (χ3n) is 1.42. The predicted molar refractivity (Wildman–Crippen MR) is 44.6 cm³/mol. The zero-order chi connectivity index (χ0) is 10.6. The molecule has 0 heterocycles. The van der Waals surface area contributed by atoms with E-state index in [-0.39, 0.29) is 11.4 Å². The van der Waals surface area contributed by atoms with E-state index in [2.05, 4.69) is 4.74 Å². The second kappa shape index (κ2) is 4.50. The lowest BCUT2D eigenvalue weighted by Gasteiger charge is -2.03. The fraction of sp³-hybridized carbons (Fsp3) is 0.250. The number of nitro benzene ring substituents is 1. The van der Waals surface area contributed by atoms with Gasteiger partial charge in [0, 0.05) is 12.1 Å². The molecule has 0 amide bonds. The van der Waals surface area contributed by atoms with E-state index in [1.54, 1.807) is 0 Å². The molecule has 0 bridgehead atoms. The third kappa shape index (κ3) is 2.96. The summed E-state index contributed by atoms with van der Waals surface area (Å²) in [5.41, 5.74) is -0.102. The van der Waals surface area contributed by atoms with Crippen LogP contribution >= 0.6 is 0 Å². The van der Waals surface area contributed by atoms with Crippen molar-refractivity contribution in [3.8, 4) is 5.75 Å². The molecular weight excluding hydrogens is 196 g/mol. The Bertz CT molecular complexity index is 313. The summed E-state index contributed by atoms with van der Waals surface area (Å²) in [5.74, 6) is 0.191. The molecule has 0 fully saturated rings. The lowest BCUT2D eigenvalue weighted by molar-refractivity contribution is -0.384. The summed E-state index contributed by atoms with van der Waals surface area (Å²) < 4.78 is 28.0. The van der Waals surface area contributed by atoms with E-state index in [0.717, 1.165) is 0 Å². The molecule has 0 aliphatic carbocycles. The van der Waals surface area contributed by atoms with Gasteiger partial charge in [0.1, 0.15) is 12.4 Å². The van der Waals surface area contributed by atoms with E-state index in [0.29, 0.717) is 0 Å². The molecule has 4 nitrogen and oxygen atoms in total. The van der Waals surface area contributed by atoms with Crippen LogP contribution in [-0.4, -0.2) is 18.0 Å². The van der Waals surface area contributed by atoms with Gasteiger partial charge >= 0.3 is 0 Å². The highest BCUT2D eigenvalue weighted by atomic mass is 19.3. The standard InChI is InChI=1S/C8H7F2NO3/c9-8(10)5-14-7-3-1-6(2-4-7)11(12)13/h1-4,8H,5H2. The molecule has 0 atom stereocenters. The highest BCUT2D eigenvalue weighted by Crippen LogP contribution is 2.17. The van der Waals surface area contributed by atoms with Crippen LogP contribution in [0.2, 0.25) is 0 Å². The summed E-state index contributed by atoms with van der Waals surface area (Å²) in [7, 11) is 0. The van der Waals surface area contributed by atoms with Crippen molar-refractivity contribution in [2.75, 3.05) is 6.61 Å². The molecule has 0 radical (unpaired) electrons. The normalized spacial score (nSPS) is 10.2. The number of hydrogen-bond donors (Lipinski definition) is 0. The van der Waals surface area contributed by atoms with Gasteiger partial charge in [-0.15, -0.1) is 0 Å². The summed E-state index contributed by atoms with van der Waals surface area (Å²) in [4.78, 5) is 9.65. The van der Waals surface area contributed by atoms with E-state index in [4.69, 9.17) is 0 Å². The van der Waals surface area contributed by atoms with Crippen LogP contribution in [0, 0.1) is 10.1 Å². The fourth-order valence-corrected chi connectivity index (χ4v) is 0.823. The highest BCUT2D eigenvalue weighted by molar-refractivity contribution is 5.35. The van der Waals surface area contributed by atoms with Crippen molar-refractivity contribution < 1.29 is 18.4 Å². The lowest BCUT2D eigenvalue weighted by Crippen LogP contribution is -2.06. The van der Waals surface area contributed by atoms with Crippen LogP contribution in [0.25, 0.3) is 0 Å². The Morgan fingerprint density at radius 3 is 2.36 bits per heavy atom. The fourth-order valence-electron chi connectivity index (χ4n) is 0.823. The molecule has 1 aromatic rings. The maximum absolute atomic E-state index is 11.7. The monoisotopic (exact) mass is 203 g/mol. The Morgan fingerprint density at radius 2 is 1.93 bits per heavy atom. The number of halogens is 2. The number of benzene rings is 1. The Labute approximate surface area is 78.3 Å². The molecule has 0 unspecified atom stereocenters. The summed E-state index contributed by atoms with van der Waals surface area (Å²) in [5, 5.41) is 10.2. The van der Waals surface area contributed by atoms with Crippen molar-refractivity contribution in [2.45, 2.75) is 6.43 Å². The van der Waals surface area contributed by atoms with Gasteiger partial charge in [-0.05, 0) is 12.1 Å². The van der Waals surface area contributed by atoms with E-state index >= 15 is 0 Å². The first kappa shape index (κ1) is 10.4. The molecule has 14 heavy (non-hydrogen) atoms. The van der Waals surface area contributed by atoms with Gasteiger partial charge in [0.05, 0.1) is 4.92 Å². The van der Waals surface area contributed by atoms with Crippen molar-refractivity contribution in [2.24, 2.45) is 0 Å². The van der Waals surface area contributed by atoms with Gasteiger partial charge in [0.25, 0.3) is 12.1 Å². The van der Waals surface area contributed by atoms with Gasteiger partial charge in [-0.25, -0.2) is 8.78 Å². The van der Waals surface area contributed by atoms with Gasteiger partial charge in [0.2, 0.25) is 0 Å². The van der Waals surface area contributed by atoms with Crippen molar-refractivity contribution in [1.29, 1.82) is 0 Å². The zero-order valence-electron chi connectivity index (χ0n) is 7.02. The Hall–Kier alpha value is -1.72. The quantitative estimate of drug-likeness (QED) is 0.557. The number of non-ortho nitro benzene ring substituents is 1. The van der Waals surface area contributed by atoms with Crippen LogP contribution in [0.1, 0.15) is 0 Å². The maximum atomic E-state index is 11.7. The van der Waals surface area contributed by atoms with E-state index in [1.807, 2.05) is 0 Å². The number of hydrogen-bond acceptors (Lipinski definition) is 3. The minimum atomic E-state index is -2.55. The topological polar surface area (TPSA) is 52.4 Å². The second-order valence-electron chi connectivity index (χ2n) is 2.45. The molecule has 76 valence electrons. The minimum Gasteiger partial charge on any atom is -0.488 e. The Morgan fingerprint density at radius 1 is 1.36 bits per heavy atom. The highest BCUT2D eigenvalue weighted by Gasteiger charge is 2.06. The number of nitrogens with zero attached hydrogens (tertiary/aromatic N) is 1. The van der Waals surface area contributed by atoms with Crippen LogP contribution in [0.15, 0.2) is 24.3 Å². The van der Waals surface area contributed by atoms with Gasteiger partial charge in [-0.1, -0.05) is 0 Å². The van der Waals surface area contributed by atoms with Crippen molar-refractivity contribution in [3.63, 3.8) is 0 Å². The predicted octanol–water partition coefficient (Wildman–Crippen LogP) is 2.24. The maximum Gasteiger partial charge on any atom is 0.272 e. The van der Waals surface area contributed by atoms with Crippen LogP contribution < -0.4 is 4.74 Å². The van der Waals surface area contributed by atoms with E-state index in [1.165, 1.54) is 24.3 Å². The molecule has 6 heteroatoms. The number of rotatable bonds is 4. The first-order valence-electron chi connectivity index (χ1n) is 3.75. The summed E-state index contributed by atoms with van der Waals surface area (Å²) in [6, 6.07) is 4.95. The molecule has 0 aliphatic heterocycles. The van der Waals surface area contributed by atoms with Crippen LogP contribution in [0.3, 0.4) is 0 Å². The average molecular weight is 203 g/mol. The van der Waals surface area contributed by atoms with E-state index in [9.17, 15) is 18.9 Å². The van der Waals surface area contributed by atoms with Gasteiger partial charge < -0.3 is 4.74 Å². The first-order valence-corrected chi connectivity index (χ1v) is 3.75. The second-order valence-corrected chi connectivity index (χ2v) is 2.45. The van der Waals surface area contributed by atoms with Crippen molar-refractivity contribution >= 4 is 5.69 Å². The molecule has 0 saturated heterocycles. The SMILES string of the molecule is O=[N+]([O-])c1ccc(OCC(F)F)cc1. The number of alkyl halides is 2. The lowest BCUT2D eigenvalue weighted by atomic mass is 10.3. The summed E-state index contributed by atoms with van der Waals surface area (Å²) in [6.07, 6.45) is -2.55. The molecule has 0 N–H and O–H groups in total. The molecule has 1 rings (SSSR count). The Kier molecular flexibility index (Phi) is 3.33. The largest absolute Gasteiger partial charge is 0.488 e. The van der Waals surface area contributed by atoms with Crippen LogP contribution in [-0.2, 0) is 0 Å². The third-order valence-corrected chi connectivity index (χ3v) is 1.42. The zero-order valence-corrected chi connectivity index (χ0v) is 7.02. The van der Waals surface area contributed by atoms with Gasteiger partial charge in [-0.3, -0.25) is 10.1 Å². The average Bonchev–Trinajstić information content (AvgIpc) is 2.15. The number of nitro groups is 1. The molecule has 0 saturated carbocycles. The van der Waals surface area contributed by atoms with Crippen LogP contribution in [0.4, 0.5) is 14.5 Å². The first-order chi connectivity index (χ1) is 6.59. The minimum absolute atomic E-state index is 0.102. The Balaban J connectivity index is 2.60.